The molecule has 0 aliphatic carbocycles. The molecule has 158 valence electrons. The number of alkyl halides is 3. The van der Waals surface area contributed by atoms with Gasteiger partial charge in [0.15, 0.2) is 5.96 Å². The minimum absolute atomic E-state index is 0.147. The SMILES string of the molecule is CN=C(NCC(C)(C)c1ccccc1)NC1CCN(S(=O)(=O)C(F)(F)F)CC1. The molecule has 10 heteroatoms. The minimum atomic E-state index is -5.26. The van der Waals surface area contributed by atoms with Gasteiger partial charge in [-0.25, -0.2) is 8.42 Å². The van der Waals surface area contributed by atoms with Crippen molar-refractivity contribution < 1.29 is 21.6 Å². The van der Waals surface area contributed by atoms with Crippen LogP contribution in [-0.2, 0) is 15.4 Å². The van der Waals surface area contributed by atoms with Crippen LogP contribution >= 0.6 is 0 Å². The number of nitrogens with zero attached hydrogens (tertiary/aromatic N) is 2. The normalized spacial score (nSPS) is 18.1. The van der Waals surface area contributed by atoms with E-state index in [0.717, 1.165) is 0 Å². The van der Waals surface area contributed by atoms with Crippen molar-refractivity contribution in [3.8, 4) is 0 Å². The van der Waals surface area contributed by atoms with E-state index >= 15 is 0 Å². The minimum Gasteiger partial charge on any atom is -0.356 e. The van der Waals surface area contributed by atoms with Crippen LogP contribution in [0.3, 0.4) is 0 Å². The Morgan fingerprint density at radius 3 is 2.25 bits per heavy atom. The molecule has 28 heavy (non-hydrogen) atoms. The van der Waals surface area contributed by atoms with Gasteiger partial charge in [-0.1, -0.05) is 44.2 Å². The summed E-state index contributed by atoms with van der Waals surface area (Å²) in [7, 11) is -3.64. The van der Waals surface area contributed by atoms with E-state index in [9.17, 15) is 21.6 Å². The Kier molecular flexibility index (Phi) is 6.97. The fourth-order valence-electron chi connectivity index (χ4n) is 3.07. The van der Waals surface area contributed by atoms with Crippen molar-refractivity contribution in [1.29, 1.82) is 0 Å². The fraction of sp³-hybridized carbons (Fsp3) is 0.611. The molecule has 2 rings (SSSR count). The van der Waals surface area contributed by atoms with E-state index in [4.69, 9.17) is 0 Å². The molecule has 1 aliphatic heterocycles. The average molecular weight is 421 g/mol. The van der Waals surface area contributed by atoms with Crippen LogP contribution in [0.15, 0.2) is 35.3 Å². The van der Waals surface area contributed by atoms with Gasteiger partial charge in [0.1, 0.15) is 0 Å². The number of rotatable bonds is 5. The summed E-state index contributed by atoms with van der Waals surface area (Å²) in [6, 6.07) is 9.87. The molecule has 6 nitrogen and oxygen atoms in total. The van der Waals surface area contributed by atoms with Crippen molar-refractivity contribution in [2.45, 2.75) is 43.7 Å². The van der Waals surface area contributed by atoms with Crippen LogP contribution in [0.5, 0.6) is 0 Å². The van der Waals surface area contributed by atoms with E-state index in [2.05, 4.69) is 41.6 Å². The first-order valence-electron chi connectivity index (χ1n) is 9.06. The molecule has 0 amide bonds. The maximum Gasteiger partial charge on any atom is 0.511 e. The third-order valence-electron chi connectivity index (χ3n) is 4.90. The first-order chi connectivity index (χ1) is 13.0. The maximum atomic E-state index is 12.7. The second kappa shape index (κ2) is 8.69. The Morgan fingerprint density at radius 1 is 1.18 bits per heavy atom. The van der Waals surface area contributed by atoms with Gasteiger partial charge in [-0.05, 0) is 18.4 Å². The third-order valence-corrected chi connectivity index (χ3v) is 6.53. The summed E-state index contributed by atoms with van der Waals surface area (Å²) in [5, 5.41) is 6.42. The number of halogens is 3. The molecule has 0 saturated carbocycles. The Bertz CT molecular complexity index is 772. The molecular formula is C18H27F3N4O2S. The molecule has 0 unspecified atom stereocenters. The Balaban J connectivity index is 1.88. The van der Waals surface area contributed by atoms with E-state index in [-0.39, 0.29) is 37.4 Å². The van der Waals surface area contributed by atoms with Gasteiger partial charge in [-0.2, -0.15) is 17.5 Å². The first-order valence-corrected chi connectivity index (χ1v) is 10.5. The molecule has 1 heterocycles. The molecular weight excluding hydrogens is 393 g/mol. The summed E-state index contributed by atoms with van der Waals surface area (Å²) in [6.07, 6.45) is 0.552. The maximum absolute atomic E-state index is 12.7. The van der Waals surface area contributed by atoms with E-state index < -0.39 is 15.5 Å². The number of piperidine rings is 1. The summed E-state index contributed by atoms with van der Waals surface area (Å²) in [5.74, 6) is 0.543. The number of hydrogen-bond donors (Lipinski definition) is 2. The van der Waals surface area contributed by atoms with Crippen molar-refractivity contribution >= 4 is 16.0 Å². The smallest absolute Gasteiger partial charge is 0.356 e. The second-order valence-electron chi connectivity index (χ2n) is 7.44. The quantitative estimate of drug-likeness (QED) is 0.567. The standard InChI is InChI=1S/C18H27F3N4O2S/c1-17(2,14-7-5-4-6-8-14)13-23-16(22-3)24-15-9-11-25(12-10-15)28(26,27)18(19,20)21/h4-8,15H,9-13H2,1-3H3,(H2,22,23,24). The zero-order valence-corrected chi connectivity index (χ0v) is 17.1. The molecule has 1 fully saturated rings. The summed E-state index contributed by atoms with van der Waals surface area (Å²) < 4.78 is 61.4. The predicted octanol–water partition coefficient (Wildman–Crippen LogP) is 2.44. The lowest BCUT2D eigenvalue weighted by Gasteiger charge is -2.33. The van der Waals surface area contributed by atoms with Crippen LogP contribution in [0.4, 0.5) is 13.2 Å². The monoisotopic (exact) mass is 420 g/mol. The number of sulfonamides is 1. The highest BCUT2D eigenvalue weighted by Gasteiger charge is 2.50. The molecule has 0 atom stereocenters. The summed E-state index contributed by atoms with van der Waals surface area (Å²) in [6.45, 7) is 4.46. The van der Waals surface area contributed by atoms with Gasteiger partial charge >= 0.3 is 15.5 Å². The second-order valence-corrected chi connectivity index (χ2v) is 9.37. The fourth-order valence-corrected chi connectivity index (χ4v) is 4.06. The molecule has 0 spiro atoms. The van der Waals surface area contributed by atoms with Gasteiger partial charge in [0.05, 0.1) is 0 Å². The lowest BCUT2D eigenvalue weighted by atomic mass is 9.85. The lowest BCUT2D eigenvalue weighted by molar-refractivity contribution is -0.0494. The average Bonchev–Trinajstić information content (AvgIpc) is 2.65. The zero-order chi connectivity index (χ0) is 21.0. The highest BCUT2D eigenvalue weighted by Crippen LogP contribution is 2.29. The molecule has 1 aromatic carbocycles. The third kappa shape index (κ3) is 5.38. The van der Waals surface area contributed by atoms with Crippen LogP contribution in [0.2, 0.25) is 0 Å². The first kappa shape index (κ1) is 22.5. The van der Waals surface area contributed by atoms with Crippen molar-refractivity contribution in [2.75, 3.05) is 26.7 Å². The molecule has 0 radical (unpaired) electrons. The van der Waals surface area contributed by atoms with Crippen molar-refractivity contribution in [2.24, 2.45) is 4.99 Å². The number of nitrogens with one attached hydrogen (secondary N) is 2. The number of hydrogen-bond acceptors (Lipinski definition) is 3. The highest BCUT2D eigenvalue weighted by molar-refractivity contribution is 7.90. The largest absolute Gasteiger partial charge is 0.511 e. The number of aliphatic imine (C=N–C) groups is 1. The van der Waals surface area contributed by atoms with Crippen LogP contribution in [0.1, 0.15) is 32.3 Å². The lowest BCUT2D eigenvalue weighted by Crippen LogP contribution is -2.52. The van der Waals surface area contributed by atoms with E-state index in [0.29, 0.717) is 16.8 Å². The van der Waals surface area contributed by atoms with E-state index in [1.165, 1.54) is 5.56 Å². The van der Waals surface area contributed by atoms with Crippen LogP contribution < -0.4 is 10.6 Å². The number of guanidine groups is 1. The van der Waals surface area contributed by atoms with Crippen molar-refractivity contribution in [1.82, 2.24) is 14.9 Å². The van der Waals surface area contributed by atoms with Gasteiger partial charge in [0.25, 0.3) is 0 Å². The van der Waals surface area contributed by atoms with Crippen LogP contribution in [0.25, 0.3) is 0 Å². The molecule has 2 N–H and O–H groups in total. The summed E-state index contributed by atoms with van der Waals surface area (Å²) >= 11 is 0. The highest BCUT2D eigenvalue weighted by atomic mass is 32.2. The Hall–Kier alpha value is -1.81. The topological polar surface area (TPSA) is 73.8 Å². The van der Waals surface area contributed by atoms with E-state index in [1.54, 1.807) is 7.05 Å². The molecule has 1 saturated heterocycles. The zero-order valence-electron chi connectivity index (χ0n) is 16.3. The van der Waals surface area contributed by atoms with Gasteiger partial charge in [-0.15, -0.1) is 0 Å². The van der Waals surface area contributed by atoms with E-state index in [1.807, 2.05) is 18.2 Å². The number of benzene rings is 1. The Morgan fingerprint density at radius 2 is 1.75 bits per heavy atom. The Labute approximate surface area is 164 Å². The van der Waals surface area contributed by atoms with Gasteiger partial charge in [-0.3, -0.25) is 4.99 Å². The van der Waals surface area contributed by atoms with Gasteiger partial charge < -0.3 is 10.6 Å². The van der Waals surface area contributed by atoms with Gasteiger partial charge in [0, 0.05) is 38.1 Å². The van der Waals surface area contributed by atoms with Crippen molar-refractivity contribution in [3.63, 3.8) is 0 Å². The van der Waals surface area contributed by atoms with Gasteiger partial charge in [0.2, 0.25) is 0 Å². The summed E-state index contributed by atoms with van der Waals surface area (Å²) in [4.78, 5) is 4.17. The van der Waals surface area contributed by atoms with Crippen molar-refractivity contribution in [3.05, 3.63) is 35.9 Å². The summed E-state index contributed by atoms with van der Waals surface area (Å²) in [5.41, 5.74) is -4.24. The molecule has 0 bridgehead atoms. The predicted molar refractivity (Wildman–Crippen MR) is 104 cm³/mol. The molecule has 1 aromatic rings. The van der Waals surface area contributed by atoms with Crippen LogP contribution in [0, 0.1) is 0 Å². The van der Waals surface area contributed by atoms with Crippen LogP contribution in [-0.4, -0.2) is 56.9 Å². The molecule has 0 aromatic heterocycles. The molecule has 1 aliphatic rings.